The normalized spacial score (nSPS) is 28.0. The average molecular weight is 229 g/mol. The van der Waals surface area contributed by atoms with Crippen LogP contribution >= 0.6 is 12.4 Å². The summed E-state index contributed by atoms with van der Waals surface area (Å²) in [7, 11) is -2.80. The van der Waals surface area contributed by atoms with E-state index in [1.54, 1.807) is 6.92 Å². The van der Waals surface area contributed by atoms with Crippen LogP contribution in [-0.2, 0) is 9.84 Å². The highest BCUT2D eigenvalue weighted by atomic mass is 35.5. The zero-order valence-corrected chi connectivity index (χ0v) is 9.40. The topological polar surface area (TPSA) is 63.4 Å². The van der Waals surface area contributed by atoms with Gasteiger partial charge in [0, 0.05) is 26.2 Å². The molecule has 1 aliphatic heterocycles. The molecule has 0 saturated carbocycles. The van der Waals surface area contributed by atoms with Crippen molar-refractivity contribution in [3.05, 3.63) is 0 Å². The maximum Gasteiger partial charge on any atom is 0.155 e. The molecule has 1 rings (SSSR count). The summed E-state index contributed by atoms with van der Waals surface area (Å²) in [6, 6.07) is 0. The van der Waals surface area contributed by atoms with Crippen molar-refractivity contribution in [3.8, 4) is 0 Å². The van der Waals surface area contributed by atoms with Crippen molar-refractivity contribution in [3.63, 3.8) is 0 Å². The molecule has 1 saturated heterocycles. The number of hydrogen-bond acceptors (Lipinski definition) is 4. The third kappa shape index (κ3) is 3.42. The molecule has 0 aromatic heterocycles. The Bertz CT molecular complexity index is 243. The van der Waals surface area contributed by atoms with Crippen LogP contribution in [0.2, 0.25) is 0 Å². The van der Waals surface area contributed by atoms with Crippen LogP contribution in [-0.4, -0.2) is 50.5 Å². The predicted octanol–water partition coefficient (Wildman–Crippen LogP) is -0.514. The molecule has 0 aromatic rings. The highest BCUT2D eigenvalue weighted by Gasteiger charge is 2.28. The monoisotopic (exact) mass is 228 g/mol. The van der Waals surface area contributed by atoms with Crippen LogP contribution in [0.15, 0.2) is 0 Å². The van der Waals surface area contributed by atoms with E-state index in [1.807, 2.05) is 0 Å². The maximum absolute atomic E-state index is 11.3. The second kappa shape index (κ2) is 5.14. The van der Waals surface area contributed by atoms with Crippen molar-refractivity contribution in [2.75, 3.05) is 31.9 Å². The van der Waals surface area contributed by atoms with E-state index in [0.717, 1.165) is 6.54 Å². The van der Waals surface area contributed by atoms with E-state index in [-0.39, 0.29) is 23.4 Å². The van der Waals surface area contributed by atoms with E-state index in [0.29, 0.717) is 19.6 Å². The molecule has 1 fully saturated rings. The van der Waals surface area contributed by atoms with Gasteiger partial charge in [-0.2, -0.15) is 0 Å². The summed E-state index contributed by atoms with van der Waals surface area (Å²) in [5.41, 5.74) is 5.38. The van der Waals surface area contributed by atoms with Crippen molar-refractivity contribution >= 4 is 22.2 Å². The fourth-order valence-electron chi connectivity index (χ4n) is 1.41. The number of rotatable bonds is 2. The fraction of sp³-hybridized carbons (Fsp3) is 1.00. The molecule has 80 valence electrons. The van der Waals surface area contributed by atoms with E-state index in [1.165, 1.54) is 0 Å². The molecule has 13 heavy (non-hydrogen) atoms. The summed E-state index contributed by atoms with van der Waals surface area (Å²) < 4.78 is 22.5. The zero-order valence-electron chi connectivity index (χ0n) is 7.77. The summed E-state index contributed by atoms with van der Waals surface area (Å²) in [5.74, 6) is 0.286. The molecule has 1 unspecified atom stereocenters. The van der Waals surface area contributed by atoms with Gasteiger partial charge >= 0.3 is 0 Å². The van der Waals surface area contributed by atoms with Crippen LogP contribution < -0.4 is 5.73 Å². The zero-order chi connectivity index (χ0) is 9.19. The Hall–Kier alpha value is 0.160. The Morgan fingerprint density at radius 2 is 2.15 bits per heavy atom. The van der Waals surface area contributed by atoms with Gasteiger partial charge in [0.2, 0.25) is 0 Å². The van der Waals surface area contributed by atoms with E-state index >= 15 is 0 Å². The van der Waals surface area contributed by atoms with Crippen molar-refractivity contribution in [2.24, 2.45) is 5.73 Å². The van der Waals surface area contributed by atoms with Gasteiger partial charge in [0.1, 0.15) is 0 Å². The van der Waals surface area contributed by atoms with E-state index < -0.39 is 9.84 Å². The number of nitrogens with zero attached hydrogens (tertiary/aromatic N) is 1. The second-order valence-corrected chi connectivity index (χ2v) is 5.81. The molecular formula is C7H17ClN2O2S. The molecule has 1 aliphatic rings. The van der Waals surface area contributed by atoms with Gasteiger partial charge in [-0.15, -0.1) is 12.4 Å². The van der Waals surface area contributed by atoms with Gasteiger partial charge in [-0.3, -0.25) is 4.90 Å². The average Bonchev–Trinajstić information content (AvgIpc) is 1.98. The lowest BCUT2D eigenvalue weighted by molar-refractivity contribution is 0.285. The highest BCUT2D eigenvalue weighted by molar-refractivity contribution is 7.92. The maximum atomic E-state index is 11.3. The summed E-state index contributed by atoms with van der Waals surface area (Å²) >= 11 is 0. The van der Waals surface area contributed by atoms with Gasteiger partial charge in [0.25, 0.3) is 0 Å². The third-order valence-electron chi connectivity index (χ3n) is 2.27. The summed E-state index contributed by atoms with van der Waals surface area (Å²) in [6.07, 6.45) is 0. The largest absolute Gasteiger partial charge is 0.329 e. The van der Waals surface area contributed by atoms with Crippen molar-refractivity contribution in [2.45, 2.75) is 12.2 Å². The Morgan fingerprint density at radius 1 is 1.54 bits per heavy atom. The number of hydrogen-bond donors (Lipinski definition) is 1. The third-order valence-corrected chi connectivity index (χ3v) is 4.39. The smallest absolute Gasteiger partial charge is 0.155 e. The molecule has 0 bridgehead atoms. The Kier molecular flexibility index (Phi) is 5.21. The molecule has 0 amide bonds. The van der Waals surface area contributed by atoms with Crippen molar-refractivity contribution < 1.29 is 8.42 Å². The summed E-state index contributed by atoms with van der Waals surface area (Å²) in [4.78, 5) is 2.10. The predicted molar refractivity (Wildman–Crippen MR) is 56.0 cm³/mol. The van der Waals surface area contributed by atoms with Crippen LogP contribution in [0.4, 0.5) is 0 Å². The second-order valence-electron chi connectivity index (χ2n) is 3.27. The SMILES string of the molecule is CC1CN(CCN)CCS1(=O)=O.Cl. The van der Waals surface area contributed by atoms with E-state index in [9.17, 15) is 8.42 Å². The Labute approximate surface area is 85.8 Å². The first kappa shape index (κ1) is 13.2. The van der Waals surface area contributed by atoms with Crippen LogP contribution in [0.5, 0.6) is 0 Å². The minimum Gasteiger partial charge on any atom is -0.329 e. The Balaban J connectivity index is 0.00000144. The lowest BCUT2D eigenvalue weighted by atomic mass is 10.4. The minimum absolute atomic E-state index is 0. The van der Waals surface area contributed by atoms with Crippen LogP contribution in [0.25, 0.3) is 0 Å². The van der Waals surface area contributed by atoms with E-state index in [2.05, 4.69) is 4.90 Å². The lowest BCUT2D eigenvalue weighted by Crippen LogP contribution is -2.46. The van der Waals surface area contributed by atoms with Gasteiger partial charge in [-0.05, 0) is 6.92 Å². The molecule has 1 heterocycles. The van der Waals surface area contributed by atoms with E-state index in [4.69, 9.17) is 5.73 Å². The van der Waals surface area contributed by atoms with Gasteiger partial charge in [-0.1, -0.05) is 0 Å². The number of nitrogens with two attached hydrogens (primary N) is 1. The molecular weight excluding hydrogens is 212 g/mol. The fourth-order valence-corrected chi connectivity index (χ4v) is 2.76. The van der Waals surface area contributed by atoms with Crippen molar-refractivity contribution in [1.29, 1.82) is 0 Å². The highest BCUT2D eigenvalue weighted by Crippen LogP contribution is 2.10. The Morgan fingerprint density at radius 3 is 2.62 bits per heavy atom. The van der Waals surface area contributed by atoms with Crippen LogP contribution in [0.3, 0.4) is 0 Å². The first-order chi connectivity index (χ1) is 5.56. The quantitative estimate of drug-likeness (QED) is 0.692. The van der Waals surface area contributed by atoms with Crippen LogP contribution in [0.1, 0.15) is 6.92 Å². The van der Waals surface area contributed by atoms with Gasteiger partial charge in [0.15, 0.2) is 9.84 Å². The van der Waals surface area contributed by atoms with Crippen LogP contribution in [0, 0.1) is 0 Å². The molecule has 6 heteroatoms. The van der Waals surface area contributed by atoms with Crippen molar-refractivity contribution in [1.82, 2.24) is 4.90 Å². The minimum atomic E-state index is -2.80. The molecule has 2 N–H and O–H groups in total. The number of sulfone groups is 1. The van der Waals surface area contributed by atoms with Gasteiger partial charge < -0.3 is 5.73 Å². The van der Waals surface area contributed by atoms with Gasteiger partial charge in [-0.25, -0.2) is 8.42 Å². The molecule has 0 radical (unpaired) electrons. The standard InChI is InChI=1S/C7H16N2O2S.ClH/c1-7-6-9(3-2-8)4-5-12(7,10)11;/h7H,2-6,8H2,1H3;1H. The lowest BCUT2D eigenvalue weighted by Gasteiger charge is -2.30. The number of halogens is 1. The molecule has 0 spiro atoms. The first-order valence-electron chi connectivity index (χ1n) is 4.20. The molecule has 4 nitrogen and oxygen atoms in total. The molecule has 0 aliphatic carbocycles. The molecule has 0 aromatic carbocycles. The molecule has 1 atom stereocenters. The van der Waals surface area contributed by atoms with Gasteiger partial charge in [0.05, 0.1) is 11.0 Å². The first-order valence-corrected chi connectivity index (χ1v) is 5.92. The summed E-state index contributed by atoms with van der Waals surface area (Å²) in [6.45, 7) is 4.45. The summed E-state index contributed by atoms with van der Waals surface area (Å²) in [5, 5.41) is -0.224.